The highest BCUT2D eigenvalue weighted by Gasteiger charge is 2.30. The summed E-state index contributed by atoms with van der Waals surface area (Å²) in [6.45, 7) is 5.15. The third-order valence-electron chi connectivity index (χ3n) is 3.71. The van der Waals surface area contributed by atoms with Crippen molar-refractivity contribution in [2.75, 3.05) is 10.6 Å². The SMILES string of the molecule is CCC(=O)NC(=S)Nc1ccc(NC(=O)C(C)(C)Oc2ccc(Br)cc2)cc1. The normalized spacial score (nSPS) is 10.7. The first-order chi connectivity index (χ1) is 13.2. The zero-order chi connectivity index (χ0) is 20.7. The Labute approximate surface area is 178 Å². The van der Waals surface area contributed by atoms with E-state index in [1.54, 1.807) is 57.2 Å². The summed E-state index contributed by atoms with van der Waals surface area (Å²) in [5, 5.41) is 8.54. The Morgan fingerprint density at radius 2 is 1.54 bits per heavy atom. The Morgan fingerprint density at radius 3 is 2.07 bits per heavy atom. The molecule has 3 N–H and O–H groups in total. The molecule has 2 amide bonds. The van der Waals surface area contributed by atoms with Gasteiger partial charge >= 0.3 is 0 Å². The molecular weight excluding hydrogens is 442 g/mol. The van der Waals surface area contributed by atoms with Crippen LogP contribution >= 0.6 is 28.1 Å². The first kappa shape index (κ1) is 21.8. The maximum absolute atomic E-state index is 12.6. The maximum atomic E-state index is 12.6. The molecule has 0 saturated heterocycles. The molecule has 0 spiro atoms. The van der Waals surface area contributed by atoms with E-state index in [0.717, 1.165) is 4.47 Å². The molecule has 2 rings (SSSR count). The minimum Gasteiger partial charge on any atom is -0.478 e. The topological polar surface area (TPSA) is 79.5 Å². The van der Waals surface area contributed by atoms with Crippen molar-refractivity contribution in [3.63, 3.8) is 0 Å². The number of halogens is 1. The van der Waals surface area contributed by atoms with Gasteiger partial charge in [-0.3, -0.25) is 9.59 Å². The predicted octanol–water partition coefficient (Wildman–Crippen LogP) is 4.47. The van der Waals surface area contributed by atoms with Crippen molar-refractivity contribution in [3.05, 3.63) is 53.0 Å². The molecule has 0 bridgehead atoms. The Balaban J connectivity index is 1.94. The second-order valence-corrected chi connectivity index (χ2v) is 7.78. The van der Waals surface area contributed by atoms with Crippen molar-refractivity contribution in [3.8, 4) is 5.75 Å². The molecular formula is C20H22BrN3O3S. The molecule has 0 aromatic heterocycles. The van der Waals surface area contributed by atoms with Crippen LogP contribution in [0.4, 0.5) is 11.4 Å². The summed E-state index contributed by atoms with van der Waals surface area (Å²) < 4.78 is 6.75. The Morgan fingerprint density at radius 1 is 1.00 bits per heavy atom. The summed E-state index contributed by atoms with van der Waals surface area (Å²) in [6, 6.07) is 14.3. The van der Waals surface area contributed by atoms with Gasteiger partial charge in [0, 0.05) is 22.3 Å². The summed E-state index contributed by atoms with van der Waals surface area (Å²) in [6.07, 6.45) is 0.352. The number of anilines is 2. The van der Waals surface area contributed by atoms with Crippen molar-refractivity contribution in [2.45, 2.75) is 32.8 Å². The summed E-state index contributed by atoms with van der Waals surface area (Å²) in [5.74, 6) is 0.168. The Hall–Kier alpha value is -2.45. The van der Waals surface area contributed by atoms with Gasteiger partial charge < -0.3 is 20.7 Å². The molecule has 0 unspecified atom stereocenters. The monoisotopic (exact) mass is 463 g/mol. The van der Waals surface area contributed by atoms with Gasteiger partial charge in [0.05, 0.1) is 0 Å². The molecule has 0 aliphatic rings. The largest absolute Gasteiger partial charge is 0.478 e. The van der Waals surface area contributed by atoms with Crippen molar-refractivity contribution in [1.29, 1.82) is 0 Å². The molecule has 0 radical (unpaired) electrons. The van der Waals surface area contributed by atoms with Crippen LogP contribution in [0, 0.1) is 0 Å². The van der Waals surface area contributed by atoms with Gasteiger partial charge in [0.2, 0.25) is 5.91 Å². The van der Waals surface area contributed by atoms with E-state index in [4.69, 9.17) is 17.0 Å². The van der Waals surface area contributed by atoms with Crippen LogP contribution in [0.3, 0.4) is 0 Å². The van der Waals surface area contributed by atoms with E-state index in [2.05, 4.69) is 31.9 Å². The molecule has 0 heterocycles. The Bertz CT molecular complexity index is 852. The van der Waals surface area contributed by atoms with E-state index in [9.17, 15) is 9.59 Å². The average Bonchev–Trinajstić information content (AvgIpc) is 2.64. The quantitative estimate of drug-likeness (QED) is 0.550. The number of carbonyl (C=O) groups is 2. The fourth-order valence-corrected chi connectivity index (χ4v) is 2.64. The van der Waals surface area contributed by atoms with Crippen LogP contribution in [0.15, 0.2) is 53.0 Å². The van der Waals surface area contributed by atoms with E-state index in [0.29, 0.717) is 23.5 Å². The molecule has 0 fully saturated rings. The van der Waals surface area contributed by atoms with Crippen molar-refractivity contribution in [2.24, 2.45) is 0 Å². The molecule has 0 aliphatic heterocycles. The first-order valence-electron chi connectivity index (χ1n) is 8.66. The van der Waals surface area contributed by atoms with Crippen molar-refractivity contribution >= 4 is 56.4 Å². The van der Waals surface area contributed by atoms with Crippen LogP contribution in [-0.4, -0.2) is 22.5 Å². The van der Waals surface area contributed by atoms with Crippen LogP contribution in [-0.2, 0) is 9.59 Å². The van der Waals surface area contributed by atoms with Gasteiger partial charge in [-0.25, -0.2) is 0 Å². The fraction of sp³-hybridized carbons (Fsp3) is 0.250. The van der Waals surface area contributed by atoms with Crippen LogP contribution in [0.2, 0.25) is 0 Å². The first-order valence-corrected chi connectivity index (χ1v) is 9.86. The van der Waals surface area contributed by atoms with E-state index >= 15 is 0 Å². The smallest absolute Gasteiger partial charge is 0.267 e. The fourth-order valence-electron chi connectivity index (χ4n) is 2.14. The zero-order valence-corrected chi connectivity index (χ0v) is 18.2. The van der Waals surface area contributed by atoms with E-state index < -0.39 is 5.60 Å². The predicted molar refractivity (Wildman–Crippen MR) is 119 cm³/mol. The second kappa shape index (κ2) is 9.66. The van der Waals surface area contributed by atoms with Gasteiger partial charge in [-0.05, 0) is 74.6 Å². The van der Waals surface area contributed by atoms with E-state index in [1.165, 1.54) is 0 Å². The van der Waals surface area contributed by atoms with Crippen LogP contribution < -0.4 is 20.7 Å². The standard InChI is InChI=1S/C20H22BrN3O3S/c1-4-17(25)24-19(28)23-15-9-7-14(8-10-15)22-18(26)20(2,3)27-16-11-5-13(21)6-12-16/h5-12H,4H2,1-3H3,(H,22,26)(H2,23,24,25,28). The lowest BCUT2D eigenvalue weighted by molar-refractivity contribution is -0.128. The minimum atomic E-state index is -1.06. The summed E-state index contributed by atoms with van der Waals surface area (Å²) in [5.41, 5.74) is 0.257. The molecule has 0 atom stereocenters. The molecule has 28 heavy (non-hydrogen) atoms. The van der Waals surface area contributed by atoms with Gasteiger partial charge in [-0.15, -0.1) is 0 Å². The third kappa shape index (κ3) is 6.61. The average molecular weight is 464 g/mol. The van der Waals surface area contributed by atoms with Gasteiger partial charge in [-0.1, -0.05) is 22.9 Å². The number of carbonyl (C=O) groups excluding carboxylic acids is 2. The number of ether oxygens (including phenoxy) is 1. The number of hydrogen-bond donors (Lipinski definition) is 3. The molecule has 0 saturated carbocycles. The summed E-state index contributed by atoms with van der Waals surface area (Å²) in [4.78, 5) is 23.9. The molecule has 8 heteroatoms. The highest BCUT2D eigenvalue weighted by atomic mass is 79.9. The molecule has 2 aromatic carbocycles. The van der Waals surface area contributed by atoms with Crippen LogP contribution in [0.25, 0.3) is 0 Å². The highest BCUT2D eigenvalue weighted by molar-refractivity contribution is 9.10. The number of nitrogens with one attached hydrogen (secondary N) is 3. The molecule has 148 valence electrons. The Kier molecular flexibility index (Phi) is 7.53. The maximum Gasteiger partial charge on any atom is 0.267 e. The van der Waals surface area contributed by atoms with Gasteiger partial charge in [0.1, 0.15) is 5.75 Å². The van der Waals surface area contributed by atoms with Crippen molar-refractivity contribution in [1.82, 2.24) is 5.32 Å². The van der Waals surface area contributed by atoms with Gasteiger partial charge in [0.15, 0.2) is 10.7 Å². The van der Waals surface area contributed by atoms with Gasteiger partial charge in [-0.2, -0.15) is 0 Å². The number of hydrogen-bond acceptors (Lipinski definition) is 4. The second-order valence-electron chi connectivity index (χ2n) is 6.45. The highest BCUT2D eigenvalue weighted by Crippen LogP contribution is 2.23. The number of benzene rings is 2. The van der Waals surface area contributed by atoms with Crippen molar-refractivity contribution < 1.29 is 14.3 Å². The number of thiocarbonyl (C=S) groups is 1. The molecule has 6 nitrogen and oxygen atoms in total. The summed E-state index contributed by atoms with van der Waals surface area (Å²) >= 11 is 8.43. The van der Waals surface area contributed by atoms with E-state index in [1.807, 2.05) is 12.1 Å². The molecule has 0 aliphatic carbocycles. The summed E-state index contributed by atoms with van der Waals surface area (Å²) in [7, 11) is 0. The minimum absolute atomic E-state index is 0.158. The van der Waals surface area contributed by atoms with Crippen LogP contribution in [0.1, 0.15) is 27.2 Å². The molecule has 2 aromatic rings. The lowest BCUT2D eigenvalue weighted by atomic mass is 10.1. The lowest BCUT2D eigenvalue weighted by Gasteiger charge is -2.25. The number of amides is 2. The van der Waals surface area contributed by atoms with Crippen LogP contribution in [0.5, 0.6) is 5.75 Å². The number of rotatable bonds is 6. The lowest BCUT2D eigenvalue weighted by Crippen LogP contribution is -2.42. The van der Waals surface area contributed by atoms with E-state index in [-0.39, 0.29) is 16.9 Å². The van der Waals surface area contributed by atoms with Gasteiger partial charge in [0.25, 0.3) is 5.91 Å². The third-order valence-corrected chi connectivity index (χ3v) is 4.44. The zero-order valence-electron chi connectivity index (χ0n) is 15.8.